The number of nitrogens with zero attached hydrogens (tertiary/aromatic N) is 2. The summed E-state index contributed by atoms with van der Waals surface area (Å²) < 4.78 is 43.1. The number of thioether (sulfide) groups is 1. The van der Waals surface area contributed by atoms with E-state index in [1.165, 1.54) is 6.07 Å². The normalized spacial score (nSPS) is 15.9. The van der Waals surface area contributed by atoms with E-state index < -0.39 is 17.0 Å². The number of aromatic nitrogens is 1. The predicted octanol–water partition coefficient (Wildman–Crippen LogP) is 4.06. The molecule has 0 saturated carbocycles. The first-order chi connectivity index (χ1) is 13.3. The van der Waals surface area contributed by atoms with E-state index >= 15 is 0 Å². The number of hydrogen-bond acceptors (Lipinski definition) is 5. The number of amides is 1. The summed E-state index contributed by atoms with van der Waals surface area (Å²) in [6, 6.07) is 9.78. The van der Waals surface area contributed by atoms with E-state index in [2.05, 4.69) is 15.2 Å². The van der Waals surface area contributed by atoms with Gasteiger partial charge in [-0.3, -0.25) is 4.79 Å². The first-order valence-corrected chi connectivity index (χ1v) is 9.64. The molecular weight excluding hydrogens is 391 g/mol. The van der Waals surface area contributed by atoms with Crippen molar-refractivity contribution < 1.29 is 22.7 Å². The van der Waals surface area contributed by atoms with Crippen molar-refractivity contribution in [3.05, 3.63) is 48.2 Å². The van der Waals surface area contributed by atoms with Crippen LogP contribution in [0.4, 0.5) is 24.5 Å². The van der Waals surface area contributed by atoms with Gasteiger partial charge in [0.2, 0.25) is 5.91 Å². The molecule has 1 aliphatic heterocycles. The third kappa shape index (κ3) is 5.39. The van der Waals surface area contributed by atoms with Crippen molar-refractivity contribution in [2.45, 2.75) is 23.4 Å². The van der Waals surface area contributed by atoms with Gasteiger partial charge in [-0.2, -0.15) is 13.2 Å². The number of carbonyl (C=O) groups is 1. The summed E-state index contributed by atoms with van der Waals surface area (Å²) in [5.41, 5.74) is 0.918. The van der Waals surface area contributed by atoms with Crippen molar-refractivity contribution in [2.24, 2.45) is 0 Å². The van der Waals surface area contributed by atoms with Crippen LogP contribution in [0.1, 0.15) is 12.5 Å². The molecule has 2 heterocycles. The number of nitrogens with one attached hydrogen (secondary N) is 1. The number of carbonyl (C=O) groups excluding carboxylic acids is 1. The summed E-state index contributed by atoms with van der Waals surface area (Å²) in [6.45, 7) is 4.75. The maximum atomic E-state index is 12.6. The van der Waals surface area contributed by atoms with Crippen LogP contribution in [0.3, 0.4) is 0 Å². The number of benzene rings is 1. The SMILES string of the molecule is CC(Sc1ccc(C(F)(F)F)cn1)C(=O)Nc1ccc(N2CCOCC2)cc1. The van der Waals surface area contributed by atoms with E-state index in [-0.39, 0.29) is 5.91 Å². The Morgan fingerprint density at radius 1 is 1.18 bits per heavy atom. The van der Waals surface area contributed by atoms with Gasteiger partial charge in [-0.1, -0.05) is 11.8 Å². The highest BCUT2D eigenvalue weighted by atomic mass is 32.2. The minimum absolute atomic E-state index is 0.245. The number of alkyl halides is 3. The highest BCUT2D eigenvalue weighted by molar-refractivity contribution is 8.00. The van der Waals surface area contributed by atoms with Crippen molar-refractivity contribution in [1.82, 2.24) is 4.98 Å². The lowest BCUT2D eigenvalue weighted by Gasteiger charge is -2.28. The number of ether oxygens (including phenoxy) is 1. The second-order valence-electron chi connectivity index (χ2n) is 6.28. The lowest BCUT2D eigenvalue weighted by atomic mass is 10.2. The second kappa shape index (κ2) is 8.83. The Morgan fingerprint density at radius 2 is 1.86 bits per heavy atom. The Hall–Kier alpha value is -2.26. The van der Waals surface area contributed by atoms with Crippen LogP contribution in [0.15, 0.2) is 47.6 Å². The van der Waals surface area contributed by atoms with Gasteiger partial charge < -0.3 is 15.0 Å². The molecule has 9 heteroatoms. The molecule has 1 unspecified atom stereocenters. The maximum absolute atomic E-state index is 12.6. The second-order valence-corrected chi connectivity index (χ2v) is 7.64. The molecule has 1 saturated heterocycles. The summed E-state index contributed by atoms with van der Waals surface area (Å²) in [5, 5.41) is 2.67. The van der Waals surface area contributed by atoms with Crippen molar-refractivity contribution in [1.29, 1.82) is 0 Å². The highest BCUT2D eigenvalue weighted by Gasteiger charge is 2.30. The molecule has 5 nitrogen and oxygen atoms in total. The summed E-state index contributed by atoms with van der Waals surface area (Å²) in [5.74, 6) is -0.245. The molecule has 1 N–H and O–H groups in total. The van der Waals surface area contributed by atoms with E-state index in [1.807, 2.05) is 24.3 Å². The molecule has 3 rings (SSSR count). The number of anilines is 2. The topological polar surface area (TPSA) is 54.5 Å². The molecule has 0 bridgehead atoms. The number of morpholine rings is 1. The zero-order valence-corrected chi connectivity index (χ0v) is 16.0. The number of pyridine rings is 1. The Labute approximate surface area is 165 Å². The van der Waals surface area contributed by atoms with Gasteiger partial charge in [0.25, 0.3) is 0 Å². The van der Waals surface area contributed by atoms with Crippen molar-refractivity contribution in [2.75, 3.05) is 36.5 Å². The van der Waals surface area contributed by atoms with Gasteiger partial charge in [0.05, 0.1) is 29.1 Å². The van der Waals surface area contributed by atoms with Crippen LogP contribution in [0.2, 0.25) is 0 Å². The van der Waals surface area contributed by atoms with Crippen molar-refractivity contribution >= 4 is 29.0 Å². The molecule has 1 amide bonds. The Kier molecular flexibility index (Phi) is 6.46. The number of rotatable bonds is 5. The van der Waals surface area contributed by atoms with Crippen molar-refractivity contribution in [3.63, 3.8) is 0 Å². The average molecular weight is 411 g/mol. The lowest BCUT2D eigenvalue weighted by Crippen LogP contribution is -2.36. The molecule has 2 aromatic rings. The molecule has 1 aliphatic rings. The summed E-state index contributed by atoms with van der Waals surface area (Å²) in [4.78, 5) is 18.4. The van der Waals surface area contributed by atoms with E-state index in [0.717, 1.165) is 42.8 Å². The fraction of sp³-hybridized carbons (Fsp3) is 0.368. The van der Waals surface area contributed by atoms with E-state index in [9.17, 15) is 18.0 Å². The quantitative estimate of drug-likeness (QED) is 0.752. The fourth-order valence-electron chi connectivity index (χ4n) is 2.67. The Balaban J connectivity index is 1.55. The molecular formula is C19H20F3N3O2S. The first-order valence-electron chi connectivity index (χ1n) is 8.76. The summed E-state index contributed by atoms with van der Waals surface area (Å²) in [6.07, 6.45) is -3.65. The zero-order valence-electron chi connectivity index (χ0n) is 15.2. The van der Waals surface area contributed by atoms with E-state index in [0.29, 0.717) is 23.9 Å². The largest absolute Gasteiger partial charge is 0.417 e. The van der Waals surface area contributed by atoms with Crippen LogP contribution in [-0.4, -0.2) is 42.4 Å². The fourth-order valence-corrected chi connectivity index (χ4v) is 3.46. The summed E-state index contributed by atoms with van der Waals surface area (Å²) in [7, 11) is 0. The maximum Gasteiger partial charge on any atom is 0.417 e. The van der Waals surface area contributed by atoms with Gasteiger partial charge in [-0.25, -0.2) is 4.98 Å². The minimum atomic E-state index is -4.42. The lowest BCUT2D eigenvalue weighted by molar-refractivity contribution is -0.137. The predicted molar refractivity (Wildman–Crippen MR) is 103 cm³/mol. The molecule has 150 valence electrons. The van der Waals surface area contributed by atoms with Crippen LogP contribution in [-0.2, 0) is 15.7 Å². The zero-order chi connectivity index (χ0) is 20.1. The van der Waals surface area contributed by atoms with Crippen LogP contribution in [0.25, 0.3) is 0 Å². The molecule has 28 heavy (non-hydrogen) atoms. The molecule has 1 fully saturated rings. The third-order valence-corrected chi connectivity index (χ3v) is 5.29. The molecule has 1 atom stereocenters. The average Bonchev–Trinajstić information content (AvgIpc) is 2.69. The van der Waals surface area contributed by atoms with E-state index in [1.54, 1.807) is 6.92 Å². The van der Waals surface area contributed by atoms with Gasteiger partial charge in [0.1, 0.15) is 0 Å². The van der Waals surface area contributed by atoms with Gasteiger partial charge in [0.15, 0.2) is 0 Å². The Morgan fingerprint density at radius 3 is 2.43 bits per heavy atom. The van der Waals surface area contributed by atoms with Crippen LogP contribution < -0.4 is 10.2 Å². The van der Waals surface area contributed by atoms with Gasteiger partial charge in [-0.15, -0.1) is 0 Å². The van der Waals surface area contributed by atoms with E-state index in [4.69, 9.17) is 4.74 Å². The van der Waals surface area contributed by atoms with Crippen molar-refractivity contribution in [3.8, 4) is 0 Å². The summed E-state index contributed by atoms with van der Waals surface area (Å²) >= 11 is 1.10. The third-order valence-electron chi connectivity index (χ3n) is 4.24. The molecule has 0 radical (unpaired) electrons. The smallest absolute Gasteiger partial charge is 0.378 e. The highest BCUT2D eigenvalue weighted by Crippen LogP contribution is 2.30. The van der Waals surface area contributed by atoms with Gasteiger partial charge >= 0.3 is 6.18 Å². The van der Waals surface area contributed by atoms with Crippen LogP contribution in [0.5, 0.6) is 0 Å². The van der Waals surface area contributed by atoms with Crippen LogP contribution in [0, 0.1) is 0 Å². The first kappa shape index (κ1) is 20.5. The van der Waals surface area contributed by atoms with Crippen LogP contribution >= 0.6 is 11.8 Å². The monoisotopic (exact) mass is 411 g/mol. The van der Waals surface area contributed by atoms with Gasteiger partial charge in [-0.05, 0) is 43.3 Å². The molecule has 1 aromatic heterocycles. The number of hydrogen-bond donors (Lipinski definition) is 1. The number of halogens is 3. The molecule has 1 aromatic carbocycles. The van der Waals surface area contributed by atoms with Gasteiger partial charge in [0, 0.05) is 30.7 Å². The minimum Gasteiger partial charge on any atom is -0.378 e. The molecule has 0 spiro atoms. The standard InChI is InChI=1S/C19H20F3N3O2S/c1-13(28-17-7-2-14(12-23-17)19(20,21)22)18(26)24-15-3-5-16(6-4-15)25-8-10-27-11-9-25/h2-7,12-13H,8-11H2,1H3,(H,24,26). The molecule has 0 aliphatic carbocycles. The Bertz CT molecular complexity index is 792.